The predicted molar refractivity (Wildman–Crippen MR) is 87.0 cm³/mol. The third kappa shape index (κ3) is 16.2. The largest absolute Gasteiger partial charge is 0.393 e. The van der Waals surface area contributed by atoms with Crippen LogP contribution >= 0.6 is 11.6 Å². The zero-order valence-electron chi connectivity index (χ0n) is 13.4. The molecule has 0 spiro atoms. The Kier molecular flexibility index (Phi) is 12.2. The maximum absolute atomic E-state index is 9.82. The summed E-state index contributed by atoms with van der Waals surface area (Å²) >= 11 is 6.10. The number of halogens is 1. The molecule has 0 saturated heterocycles. The smallest absolute Gasteiger partial charge is 0.0556 e. The lowest BCUT2D eigenvalue weighted by Gasteiger charge is -2.19. The van der Waals surface area contributed by atoms with Gasteiger partial charge in [0.1, 0.15) is 0 Å². The lowest BCUT2D eigenvalue weighted by molar-refractivity contribution is 0.140. The van der Waals surface area contributed by atoms with Gasteiger partial charge in [0, 0.05) is 4.87 Å². The maximum atomic E-state index is 9.82. The lowest BCUT2D eigenvalue weighted by Crippen LogP contribution is -2.20. The highest BCUT2D eigenvalue weighted by Crippen LogP contribution is 2.22. The van der Waals surface area contributed by atoms with Gasteiger partial charge in [-0.2, -0.15) is 0 Å². The minimum atomic E-state index is -0.266. The molecule has 2 heteroatoms. The quantitative estimate of drug-likeness (QED) is 0.322. The molecule has 0 heterocycles. The highest BCUT2D eigenvalue weighted by Gasteiger charge is 2.18. The van der Waals surface area contributed by atoms with Gasteiger partial charge in [-0.05, 0) is 26.7 Å². The summed E-state index contributed by atoms with van der Waals surface area (Å²) in [5.41, 5.74) is 0. The van der Waals surface area contributed by atoms with E-state index in [0.29, 0.717) is 6.42 Å². The highest BCUT2D eigenvalue weighted by molar-refractivity contribution is 6.23. The third-order valence-corrected chi connectivity index (χ3v) is 3.77. The summed E-state index contributed by atoms with van der Waals surface area (Å²) in [7, 11) is 0. The molecule has 0 aliphatic carbocycles. The first-order chi connectivity index (χ1) is 8.95. The fourth-order valence-corrected chi connectivity index (χ4v) is 2.71. The van der Waals surface area contributed by atoms with Crippen molar-refractivity contribution in [1.82, 2.24) is 0 Å². The van der Waals surface area contributed by atoms with Crippen LogP contribution in [0, 0.1) is 0 Å². The second-order valence-electron chi connectivity index (χ2n) is 6.55. The molecule has 1 nitrogen and oxygen atoms in total. The molecule has 1 N–H and O–H groups in total. The second kappa shape index (κ2) is 12.0. The zero-order chi connectivity index (χ0) is 14.6. The molecule has 0 fully saturated rings. The first kappa shape index (κ1) is 19.2. The van der Waals surface area contributed by atoms with Crippen LogP contribution in [0.3, 0.4) is 0 Å². The van der Waals surface area contributed by atoms with E-state index in [0.717, 1.165) is 12.8 Å². The summed E-state index contributed by atoms with van der Waals surface area (Å²) in [5.74, 6) is 0. The predicted octanol–water partition coefficient (Wildman–Crippen LogP) is 6.07. The van der Waals surface area contributed by atoms with E-state index in [1.807, 2.05) is 13.8 Å². The summed E-state index contributed by atoms with van der Waals surface area (Å²) < 4.78 is 0. The van der Waals surface area contributed by atoms with Gasteiger partial charge < -0.3 is 5.11 Å². The second-order valence-corrected chi connectivity index (χ2v) is 7.57. The van der Waals surface area contributed by atoms with Crippen molar-refractivity contribution in [3.63, 3.8) is 0 Å². The van der Waals surface area contributed by atoms with Crippen molar-refractivity contribution in [2.45, 2.75) is 109 Å². The fourth-order valence-electron chi connectivity index (χ4n) is 2.53. The van der Waals surface area contributed by atoms with E-state index in [9.17, 15) is 5.11 Å². The van der Waals surface area contributed by atoms with Crippen molar-refractivity contribution in [1.29, 1.82) is 0 Å². The minimum absolute atomic E-state index is 0.221. The number of aliphatic hydroxyl groups excluding tert-OH is 1. The van der Waals surface area contributed by atoms with E-state index in [2.05, 4.69) is 6.92 Å². The molecular formula is C17H35ClO. The molecule has 0 radical (unpaired) electrons. The Hall–Kier alpha value is 0.250. The summed E-state index contributed by atoms with van der Waals surface area (Å²) in [5, 5.41) is 9.82. The summed E-state index contributed by atoms with van der Waals surface area (Å²) in [6, 6.07) is 0. The fraction of sp³-hybridized carbons (Fsp3) is 1.00. The molecule has 0 bridgehead atoms. The van der Waals surface area contributed by atoms with Gasteiger partial charge in [-0.15, -0.1) is 11.6 Å². The van der Waals surface area contributed by atoms with Gasteiger partial charge >= 0.3 is 0 Å². The number of hydrogen-bond acceptors (Lipinski definition) is 1. The van der Waals surface area contributed by atoms with E-state index in [1.165, 1.54) is 57.8 Å². The van der Waals surface area contributed by atoms with Crippen LogP contribution in [0.1, 0.15) is 97.8 Å². The topological polar surface area (TPSA) is 20.2 Å². The molecule has 0 amide bonds. The number of rotatable bonds is 13. The molecule has 116 valence electrons. The van der Waals surface area contributed by atoms with Crippen molar-refractivity contribution in [2.75, 3.05) is 0 Å². The van der Waals surface area contributed by atoms with Crippen LogP contribution in [-0.4, -0.2) is 16.1 Å². The first-order valence-electron chi connectivity index (χ1n) is 8.32. The van der Waals surface area contributed by atoms with Gasteiger partial charge in [-0.1, -0.05) is 71.1 Å². The van der Waals surface area contributed by atoms with Crippen molar-refractivity contribution < 1.29 is 5.11 Å². The Bertz CT molecular complexity index is 186. The molecular weight excluding hydrogens is 256 g/mol. The maximum Gasteiger partial charge on any atom is 0.0556 e. The first-order valence-corrected chi connectivity index (χ1v) is 8.70. The van der Waals surface area contributed by atoms with Gasteiger partial charge in [0.05, 0.1) is 6.10 Å². The average molecular weight is 291 g/mol. The van der Waals surface area contributed by atoms with Gasteiger partial charge in [0.25, 0.3) is 0 Å². The summed E-state index contributed by atoms with van der Waals surface area (Å²) in [6.45, 7) is 6.20. The monoisotopic (exact) mass is 290 g/mol. The third-order valence-electron chi connectivity index (χ3n) is 3.61. The van der Waals surface area contributed by atoms with Crippen LogP contribution in [0.5, 0.6) is 0 Å². The van der Waals surface area contributed by atoms with Crippen molar-refractivity contribution >= 4 is 11.6 Å². The molecule has 0 aliphatic rings. The molecule has 1 unspecified atom stereocenters. The van der Waals surface area contributed by atoms with E-state index >= 15 is 0 Å². The van der Waals surface area contributed by atoms with Gasteiger partial charge in [-0.25, -0.2) is 0 Å². The number of hydrogen-bond donors (Lipinski definition) is 1. The van der Waals surface area contributed by atoms with Gasteiger partial charge in [0.15, 0.2) is 0 Å². The Morgan fingerprint density at radius 1 is 0.842 bits per heavy atom. The highest BCUT2D eigenvalue weighted by atomic mass is 35.5. The Balaban J connectivity index is 3.18. The van der Waals surface area contributed by atoms with E-state index in [1.54, 1.807) is 0 Å². The van der Waals surface area contributed by atoms with Crippen LogP contribution < -0.4 is 0 Å². The minimum Gasteiger partial charge on any atom is -0.393 e. The summed E-state index contributed by atoms with van der Waals surface area (Å²) in [4.78, 5) is -0.266. The number of unbranched alkanes of at least 4 members (excludes halogenated alkanes) is 9. The van der Waals surface area contributed by atoms with Crippen molar-refractivity contribution in [3.8, 4) is 0 Å². The van der Waals surface area contributed by atoms with E-state index in [4.69, 9.17) is 11.6 Å². The number of aliphatic hydroxyl groups is 1. The van der Waals surface area contributed by atoms with Gasteiger partial charge in [-0.3, -0.25) is 0 Å². The molecule has 0 aromatic carbocycles. The van der Waals surface area contributed by atoms with E-state index in [-0.39, 0.29) is 11.0 Å². The molecule has 19 heavy (non-hydrogen) atoms. The van der Waals surface area contributed by atoms with Crippen LogP contribution in [0.2, 0.25) is 0 Å². The Morgan fingerprint density at radius 3 is 1.68 bits per heavy atom. The van der Waals surface area contributed by atoms with Crippen LogP contribution in [-0.2, 0) is 0 Å². The summed E-state index contributed by atoms with van der Waals surface area (Å²) in [6.07, 6.45) is 14.8. The van der Waals surface area contributed by atoms with Crippen molar-refractivity contribution in [3.05, 3.63) is 0 Å². The molecule has 1 atom stereocenters. The van der Waals surface area contributed by atoms with Crippen molar-refractivity contribution in [2.24, 2.45) is 0 Å². The normalized spacial score (nSPS) is 13.7. The molecule has 0 aromatic rings. The molecule has 0 rings (SSSR count). The SMILES string of the molecule is CCCCCCCCCCCCC(O)CC(C)(C)Cl. The zero-order valence-corrected chi connectivity index (χ0v) is 14.1. The molecule has 0 aliphatic heterocycles. The molecule has 0 aromatic heterocycles. The molecule has 0 saturated carbocycles. The Morgan fingerprint density at radius 2 is 1.26 bits per heavy atom. The average Bonchev–Trinajstić information content (AvgIpc) is 2.29. The van der Waals surface area contributed by atoms with Crippen LogP contribution in [0.4, 0.5) is 0 Å². The number of alkyl halides is 1. The van der Waals surface area contributed by atoms with Gasteiger partial charge in [0.2, 0.25) is 0 Å². The van der Waals surface area contributed by atoms with Crippen LogP contribution in [0.25, 0.3) is 0 Å². The standard InChI is InChI=1S/C17H35ClO/c1-4-5-6-7-8-9-10-11-12-13-14-16(19)15-17(2,3)18/h16,19H,4-15H2,1-3H3. The Labute approximate surface area is 126 Å². The van der Waals surface area contributed by atoms with E-state index < -0.39 is 0 Å². The lowest BCUT2D eigenvalue weighted by atomic mass is 9.99. The van der Waals surface area contributed by atoms with Crippen LogP contribution in [0.15, 0.2) is 0 Å².